The summed E-state index contributed by atoms with van der Waals surface area (Å²) in [6.07, 6.45) is 2.35. The van der Waals surface area contributed by atoms with Crippen LogP contribution in [0.15, 0.2) is 18.2 Å². The maximum absolute atomic E-state index is 5.93. The van der Waals surface area contributed by atoms with Crippen molar-refractivity contribution in [1.82, 2.24) is 5.32 Å². The van der Waals surface area contributed by atoms with Crippen LogP contribution in [0.25, 0.3) is 0 Å². The smallest absolute Gasteiger partial charge is 0.122 e. The quantitative estimate of drug-likeness (QED) is 0.796. The lowest BCUT2D eigenvalue weighted by Gasteiger charge is -2.20. The minimum Gasteiger partial charge on any atom is -0.489 e. The van der Waals surface area contributed by atoms with E-state index >= 15 is 0 Å². The number of benzene rings is 1. The van der Waals surface area contributed by atoms with Gasteiger partial charge in [-0.3, -0.25) is 0 Å². The molecule has 0 saturated heterocycles. The molecule has 0 aromatic heterocycles. The van der Waals surface area contributed by atoms with Gasteiger partial charge in [0.2, 0.25) is 0 Å². The largest absolute Gasteiger partial charge is 0.489 e. The van der Waals surface area contributed by atoms with Crippen LogP contribution in [0.2, 0.25) is 10.0 Å². The Morgan fingerprint density at radius 3 is 2.17 bits per heavy atom. The summed E-state index contributed by atoms with van der Waals surface area (Å²) in [5, 5.41) is 4.67. The number of halogens is 2. The zero-order valence-corrected chi connectivity index (χ0v) is 12.7. The Kier molecular flexibility index (Phi) is 6.83. The first kappa shape index (κ1) is 15.6. The first-order valence-electron chi connectivity index (χ1n) is 6.41. The molecule has 1 N–H and O–H groups in total. The van der Waals surface area contributed by atoms with E-state index in [2.05, 4.69) is 19.2 Å². The van der Waals surface area contributed by atoms with Crippen LogP contribution in [0.4, 0.5) is 0 Å². The third kappa shape index (κ3) is 5.47. The summed E-state index contributed by atoms with van der Waals surface area (Å²) in [5.74, 6) is 0.714. The number of ether oxygens (including phenoxy) is 1. The third-order valence-electron chi connectivity index (χ3n) is 2.85. The Hall–Kier alpha value is -0.440. The molecule has 0 heterocycles. The molecule has 18 heavy (non-hydrogen) atoms. The molecule has 1 aromatic carbocycles. The van der Waals surface area contributed by atoms with E-state index in [0.717, 1.165) is 19.4 Å². The van der Waals surface area contributed by atoms with Crippen molar-refractivity contribution < 1.29 is 4.74 Å². The summed E-state index contributed by atoms with van der Waals surface area (Å²) in [6, 6.07) is 5.81. The zero-order valence-electron chi connectivity index (χ0n) is 11.2. The lowest BCUT2D eigenvalue weighted by molar-refractivity contribution is 0.210. The van der Waals surface area contributed by atoms with Crippen LogP contribution in [0, 0.1) is 0 Å². The van der Waals surface area contributed by atoms with Gasteiger partial charge in [-0.1, -0.05) is 37.0 Å². The van der Waals surface area contributed by atoms with Crippen LogP contribution < -0.4 is 10.1 Å². The lowest BCUT2D eigenvalue weighted by atomic mass is 10.1. The molecule has 0 saturated carbocycles. The maximum atomic E-state index is 5.93. The Morgan fingerprint density at radius 1 is 1.11 bits per heavy atom. The van der Waals surface area contributed by atoms with E-state index in [4.69, 9.17) is 27.9 Å². The van der Waals surface area contributed by atoms with Gasteiger partial charge in [0.25, 0.3) is 0 Å². The van der Waals surface area contributed by atoms with Crippen LogP contribution in [0.3, 0.4) is 0 Å². The van der Waals surface area contributed by atoms with Gasteiger partial charge in [-0.15, -0.1) is 0 Å². The molecular formula is C14H21Cl2NO. The van der Waals surface area contributed by atoms with Gasteiger partial charge >= 0.3 is 0 Å². The first-order chi connectivity index (χ1) is 8.55. The second-order valence-corrected chi connectivity index (χ2v) is 5.33. The van der Waals surface area contributed by atoms with Crippen LogP contribution in [0.1, 0.15) is 33.6 Å². The Morgan fingerprint density at radius 2 is 1.67 bits per heavy atom. The van der Waals surface area contributed by atoms with E-state index in [1.165, 1.54) is 0 Å². The van der Waals surface area contributed by atoms with Crippen LogP contribution in [-0.4, -0.2) is 18.7 Å². The fraction of sp³-hybridized carbons (Fsp3) is 0.571. The predicted octanol–water partition coefficient (Wildman–Crippen LogP) is 4.54. The topological polar surface area (TPSA) is 21.3 Å². The molecular weight excluding hydrogens is 269 g/mol. The molecule has 0 aliphatic carbocycles. The van der Waals surface area contributed by atoms with Gasteiger partial charge in [-0.05, 0) is 38.0 Å². The number of hydrogen-bond acceptors (Lipinski definition) is 2. The second kappa shape index (κ2) is 7.88. The summed E-state index contributed by atoms with van der Waals surface area (Å²) < 4.78 is 5.78. The van der Waals surface area contributed by atoms with Crippen molar-refractivity contribution in [2.75, 3.05) is 6.54 Å². The van der Waals surface area contributed by atoms with Gasteiger partial charge < -0.3 is 10.1 Å². The maximum Gasteiger partial charge on any atom is 0.122 e. The van der Waals surface area contributed by atoms with Gasteiger partial charge in [0, 0.05) is 22.6 Å². The fourth-order valence-electron chi connectivity index (χ4n) is 1.78. The SMILES string of the molecule is CCC(CC)NCC(C)Oc1cc(Cl)cc(Cl)c1. The molecule has 0 amide bonds. The molecule has 1 aromatic rings. The summed E-state index contributed by atoms with van der Waals surface area (Å²) in [7, 11) is 0. The normalized spacial score (nSPS) is 12.8. The highest BCUT2D eigenvalue weighted by molar-refractivity contribution is 6.34. The molecule has 4 heteroatoms. The summed E-state index contributed by atoms with van der Waals surface area (Å²) in [4.78, 5) is 0. The minimum absolute atomic E-state index is 0.0835. The van der Waals surface area contributed by atoms with Crippen molar-refractivity contribution in [3.8, 4) is 5.75 Å². The number of nitrogens with one attached hydrogen (secondary N) is 1. The molecule has 1 unspecified atom stereocenters. The molecule has 1 atom stereocenters. The lowest BCUT2D eigenvalue weighted by Crippen LogP contribution is -2.36. The van der Waals surface area contributed by atoms with Crippen molar-refractivity contribution in [1.29, 1.82) is 0 Å². The molecule has 0 fully saturated rings. The second-order valence-electron chi connectivity index (χ2n) is 4.46. The van der Waals surface area contributed by atoms with Gasteiger partial charge in [-0.25, -0.2) is 0 Å². The highest BCUT2D eigenvalue weighted by Crippen LogP contribution is 2.24. The molecule has 102 valence electrons. The van der Waals surface area contributed by atoms with Gasteiger partial charge in [0.05, 0.1) is 0 Å². The molecule has 0 spiro atoms. The van der Waals surface area contributed by atoms with E-state index < -0.39 is 0 Å². The van der Waals surface area contributed by atoms with Crippen molar-refractivity contribution in [3.05, 3.63) is 28.2 Å². The summed E-state index contributed by atoms with van der Waals surface area (Å²) in [6.45, 7) is 7.22. The molecule has 0 radical (unpaired) electrons. The van der Waals surface area contributed by atoms with Gasteiger partial charge in [-0.2, -0.15) is 0 Å². The average Bonchev–Trinajstić information content (AvgIpc) is 2.28. The van der Waals surface area contributed by atoms with Crippen molar-refractivity contribution in [2.24, 2.45) is 0 Å². The van der Waals surface area contributed by atoms with E-state index in [1.807, 2.05) is 6.92 Å². The zero-order chi connectivity index (χ0) is 13.5. The van der Waals surface area contributed by atoms with Gasteiger partial charge in [0.1, 0.15) is 11.9 Å². The summed E-state index contributed by atoms with van der Waals surface area (Å²) in [5.41, 5.74) is 0. The summed E-state index contributed by atoms with van der Waals surface area (Å²) >= 11 is 11.9. The van der Waals surface area contributed by atoms with Gasteiger partial charge in [0.15, 0.2) is 0 Å². The molecule has 0 aliphatic rings. The highest BCUT2D eigenvalue weighted by atomic mass is 35.5. The van der Waals surface area contributed by atoms with E-state index in [1.54, 1.807) is 18.2 Å². The Balaban J connectivity index is 2.46. The molecule has 0 aliphatic heterocycles. The third-order valence-corrected chi connectivity index (χ3v) is 3.29. The number of rotatable bonds is 7. The number of hydrogen-bond donors (Lipinski definition) is 1. The van der Waals surface area contributed by atoms with Crippen molar-refractivity contribution in [2.45, 2.75) is 45.8 Å². The fourth-order valence-corrected chi connectivity index (χ4v) is 2.29. The van der Waals surface area contributed by atoms with E-state index in [9.17, 15) is 0 Å². The minimum atomic E-state index is 0.0835. The molecule has 2 nitrogen and oxygen atoms in total. The molecule has 0 bridgehead atoms. The van der Waals surface area contributed by atoms with E-state index in [0.29, 0.717) is 21.8 Å². The van der Waals surface area contributed by atoms with Crippen LogP contribution in [-0.2, 0) is 0 Å². The molecule has 1 rings (SSSR count). The van der Waals surface area contributed by atoms with E-state index in [-0.39, 0.29) is 6.10 Å². The first-order valence-corrected chi connectivity index (χ1v) is 7.16. The Labute approximate surface area is 120 Å². The average molecular weight is 290 g/mol. The Bertz CT molecular complexity index is 347. The monoisotopic (exact) mass is 289 g/mol. The highest BCUT2D eigenvalue weighted by Gasteiger charge is 2.08. The standard InChI is InChI=1S/C14H21Cl2NO/c1-4-13(5-2)17-9-10(3)18-14-7-11(15)6-12(16)8-14/h6-8,10,13,17H,4-5,9H2,1-3H3. The van der Waals surface area contributed by atoms with Crippen molar-refractivity contribution >= 4 is 23.2 Å². The van der Waals surface area contributed by atoms with Crippen LogP contribution in [0.5, 0.6) is 5.75 Å². The predicted molar refractivity (Wildman–Crippen MR) is 78.9 cm³/mol. The van der Waals surface area contributed by atoms with Crippen LogP contribution >= 0.6 is 23.2 Å². The van der Waals surface area contributed by atoms with Crippen molar-refractivity contribution in [3.63, 3.8) is 0 Å².